The number of carbonyl (C=O) groups excluding carboxylic acids is 3. The Labute approximate surface area is 149 Å². The zero-order valence-corrected chi connectivity index (χ0v) is 14.7. The molecule has 2 N–H and O–H groups in total. The van der Waals surface area contributed by atoms with Crippen LogP contribution in [0.2, 0.25) is 0 Å². The van der Waals surface area contributed by atoms with E-state index in [0.29, 0.717) is 6.42 Å². The second kappa shape index (κ2) is 7.42. The molecule has 2 rings (SSSR count). The van der Waals surface area contributed by atoms with Crippen LogP contribution in [0.15, 0.2) is 18.2 Å². The van der Waals surface area contributed by atoms with Gasteiger partial charge in [0.25, 0.3) is 0 Å². The van der Waals surface area contributed by atoms with E-state index >= 15 is 0 Å². The molecule has 9 heteroatoms. The summed E-state index contributed by atoms with van der Waals surface area (Å²) in [4.78, 5) is 48.6. The van der Waals surface area contributed by atoms with Gasteiger partial charge in [-0.15, -0.1) is 0 Å². The quantitative estimate of drug-likeness (QED) is 0.778. The smallest absolute Gasteiger partial charge is 0.337 e. The lowest BCUT2D eigenvalue weighted by Gasteiger charge is -2.20. The van der Waals surface area contributed by atoms with Gasteiger partial charge in [-0.3, -0.25) is 4.79 Å². The molecule has 1 aliphatic rings. The van der Waals surface area contributed by atoms with Gasteiger partial charge in [0.05, 0.1) is 30.8 Å². The number of anilines is 1. The Morgan fingerprint density at radius 3 is 2.04 bits per heavy atom. The number of aliphatic carboxylic acids is 1. The number of carboxylic acid groups (broad SMARTS) is 1. The maximum Gasteiger partial charge on any atom is 0.337 e. The molecule has 0 aromatic heterocycles. The van der Waals surface area contributed by atoms with Crippen LogP contribution in [0.1, 0.15) is 34.1 Å². The van der Waals surface area contributed by atoms with E-state index in [1.807, 2.05) is 0 Å². The molecule has 1 heterocycles. The summed E-state index contributed by atoms with van der Waals surface area (Å²) >= 11 is 0. The molecule has 0 aliphatic carbocycles. The number of carbonyl (C=O) groups is 4. The van der Waals surface area contributed by atoms with Gasteiger partial charge < -0.3 is 24.8 Å². The van der Waals surface area contributed by atoms with Crippen molar-refractivity contribution >= 4 is 29.6 Å². The fourth-order valence-electron chi connectivity index (χ4n) is 2.68. The lowest BCUT2D eigenvalue weighted by Crippen LogP contribution is -2.37. The van der Waals surface area contributed by atoms with Crippen LogP contribution >= 0.6 is 0 Å². The Balaban J connectivity index is 2.23. The van der Waals surface area contributed by atoms with Crippen LogP contribution in [-0.2, 0) is 14.3 Å². The van der Waals surface area contributed by atoms with Crippen LogP contribution < -0.4 is 5.32 Å². The second-order valence-electron chi connectivity index (χ2n) is 6.25. The van der Waals surface area contributed by atoms with Gasteiger partial charge in [-0.2, -0.15) is 0 Å². The summed E-state index contributed by atoms with van der Waals surface area (Å²) in [5, 5.41) is 11.8. The molecule has 1 unspecified atom stereocenters. The summed E-state index contributed by atoms with van der Waals surface area (Å²) in [6.07, 6.45) is 0.339. The monoisotopic (exact) mass is 364 g/mol. The van der Waals surface area contributed by atoms with Crippen molar-refractivity contribution in [3.63, 3.8) is 0 Å². The third-order valence-electron chi connectivity index (χ3n) is 4.30. The highest BCUT2D eigenvalue weighted by molar-refractivity contribution is 5.99. The molecule has 2 amide bonds. The Morgan fingerprint density at radius 2 is 1.62 bits per heavy atom. The highest BCUT2D eigenvalue weighted by atomic mass is 16.5. The van der Waals surface area contributed by atoms with Crippen LogP contribution in [0.5, 0.6) is 0 Å². The number of benzene rings is 1. The van der Waals surface area contributed by atoms with E-state index in [1.54, 1.807) is 6.92 Å². The highest BCUT2D eigenvalue weighted by Gasteiger charge is 2.42. The summed E-state index contributed by atoms with van der Waals surface area (Å²) in [5.41, 5.74) is -0.658. The molecule has 1 aromatic carbocycles. The third kappa shape index (κ3) is 3.93. The minimum Gasteiger partial charge on any atom is -0.481 e. The molecule has 1 atom stereocenters. The van der Waals surface area contributed by atoms with Crippen LogP contribution in [0, 0.1) is 5.41 Å². The van der Waals surface area contributed by atoms with Crippen molar-refractivity contribution in [3.8, 4) is 0 Å². The number of esters is 2. The molecular formula is C17H20N2O7. The number of urea groups is 1. The van der Waals surface area contributed by atoms with Gasteiger partial charge in [-0.05, 0) is 31.5 Å². The SMILES string of the molecule is COC(=O)c1cc(NC(=O)N2CCC(C)(C(=O)O)C2)cc(C(=O)OC)c1. The second-order valence-corrected chi connectivity index (χ2v) is 6.25. The van der Waals surface area contributed by atoms with Crippen molar-refractivity contribution in [3.05, 3.63) is 29.3 Å². The van der Waals surface area contributed by atoms with E-state index in [4.69, 9.17) is 0 Å². The molecule has 1 fully saturated rings. The molecule has 0 spiro atoms. The van der Waals surface area contributed by atoms with E-state index in [0.717, 1.165) is 0 Å². The first-order valence-corrected chi connectivity index (χ1v) is 7.81. The molecule has 1 saturated heterocycles. The fraction of sp³-hybridized carbons (Fsp3) is 0.412. The standard InChI is InChI=1S/C17H20N2O7/c1-17(15(22)23)4-5-19(9-17)16(24)18-12-7-10(13(20)25-2)6-11(8-12)14(21)26-3/h6-8H,4-5,9H2,1-3H3,(H,18,24)(H,22,23). The van der Waals surface area contributed by atoms with E-state index in [1.165, 1.54) is 37.3 Å². The van der Waals surface area contributed by atoms with Gasteiger partial charge in [0, 0.05) is 18.8 Å². The number of ether oxygens (including phenoxy) is 2. The Kier molecular flexibility index (Phi) is 5.49. The van der Waals surface area contributed by atoms with Gasteiger partial charge in [-0.25, -0.2) is 14.4 Å². The Morgan fingerprint density at radius 1 is 1.08 bits per heavy atom. The summed E-state index contributed by atoms with van der Waals surface area (Å²) in [7, 11) is 2.39. The van der Waals surface area contributed by atoms with E-state index < -0.39 is 29.4 Å². The normalized spacial score (nSPS) is 19.0. The van der Waals surface area contributed by atoms with Crippen LogP contribution in [0.25, 0.3) is 0 Å². The molecule has 1 aliphatic heterocycles. The lowest BCUT2D eigenvalue weighted by atomic mass is 9.90. The van der Waals surface area contributed by atoms with Crippen LogP contribution in [-0.4, -0.2) is 61.3 Å². The summed E-state index contributed by atoms with van der Waals surface area (Å²) < 4.78 is 9.28. The highest BCUT2D eigenvalue weighted by Crippen LogP contribution is 2.30. The molecule has 0 bridgehead atoms. The summed E-state index contributed by atoms with van der Waals surface area (Å²) in [6.45, 7) is 1.93. The number of nitrogens with zero attached hydrogens (tertiary/aromatic N) is 1. The number of rotatable bonds is 4. The number of hydrogen-bond acceptors (Lipinski definition) is 6. The largest absolute Gasteiger partial charge is 0.481 e. The summed E-state index contributed by atoms with van der Waals surface area (Å²) in [6, 6.07) is 3.50. The maximum atomic E-state index is 12.4. The number of likely N-dealkylation sites (tertiary alicyclic amines) is 1. The molecular weight excluding hydrogens is 344 g/mol. The van der Waals surface area contributed by atoms with Gasteiger partial charge >= 0.3 is 23.9 Å². The van der Waals surface area contributed by atoms with Crippen molar-refractivity contribution in [2.24, 2.45) is 5.41 Å². The number of methoxy groups -OCH3 is 2. The predicted molar refractivity (Wildman–Crippen MR) is 90.1 cm³/mol. The van der Waals surface area contributed by atoms with Crippen molar-refractivity contribution < 1.29 is 33.8 Å². The molecule has 26 heavy (non-hydrogen) atoms. The zero-order valence-electron chi connectivity index (χ0n) is 14.7. The molecule has 140 valence electrons. The minimum atomic E-state index is -0.998. The minimum absolute atomic E-state index is 0.0642. The van der Waals surface area contributed by atoms with Crippen LogP contribution in [0.3, 0.4) is 0 Å². The third-order valence-corrected chi connectivity index (χ3v) is 4.30. The van der Waals surface area contributed by atoms with Gasteiger partial charge in [-0.1, -0.05) is 0 Å². The van der Waals surface area contributed by atoms with Gasteiger partial charge in [0.1, 0.15) is 0 Å². The van der Waals surface area contributed by atoms with Crippen molar-refractivity contribution in [2.75, 3.05) is 32.6 Å². The molecule has 0 radical (unpaired) electrons. The Bertz CT molecular complexity index is 727. The van der Waals surface area contributed by atoms with Gasteiger partial charge in [0.15, 0.2) is 0 Å². The number of amides is 2. The molecule has 1 aromatic rings. The zero-order chi connectivity index (χ0) is 19.5. The van der Waals surface area contributed by atoms with Crippen molar-refractivity contribution in [1.82, 2.24) is 4.90 Å². The number of carboxylic acids is 1. The predicted octanol–water partition coefficient (Wildman–Crippen LogP) is 1.59. The van der Waals surface area contributed by atoms with Crippen molar-refractivity contribution in [2.45, 2.75) is 13.3 Å². The fourth-order valence-corrected chi connectivity index (χ4v) is 2.68. The lowest BCUT2D eigenvalue weighted by molar-refractivity contribution is -0.146. The van der Waals surface area contributed by atoms with Gasteiger partial charge in [0.2, 0.25) is 0 Å². The number of nitrogens with one attached hydrogen (secondary N) is 1. The average molecular weight is 364 g/mol. The first-order valence-electron chi connectivity index (χ1n) is 7.81. The Hall–Kier alpha value is -3.10. The first kappa shape index (κ1) is 19.2. The van der Waals surface area contributed by atoms with E-state index in [2.05, 4.69) is 14.8 Å². The molecule has 0 saturated carbocycles. The maximum absolute atomic E-state index is 12.4. The number of hydrogen-bond donors (Lipinski definition) is 2. The topological polar surface area (TPSA) is 122 Å². The first-order chi connectivity index (χ1) is 12.2. The van der Waals surface area contributed by atoms with Crippen LogP contribution in [0.4, 0.5) is 10.5 Å². The molecule has 9 nitrogen and oxygen atoms in total. The average Bonchev–Trinajstić information content (AvgIpc) is 3.04. The van der Waals surface area contributed by atoms with E-state index in [9.17, 15) is 24.3 Å². The van der Waals surface area contributed by atoms with E-state index in [-0.39, 0.29) is 29.9 Å². The van der Waals surface area contributed by atoms with Crippen molar-refractivity contribution in [1.29, 1.82) is 0 Å². The summed E-state index contributed by atoms with van der Waals surface area (Å²) in [5.74, 6) is -2.31.